The number of carboxylic acids is 1. The highest BCUT2D eigenvalue weighted by atomic mass is 16.5. The molecular weight excluding hydrogens is 107 g/mol. The third-order valence-corrected chi connectivity index (χ3v) is 0.917. The molecule has 8 heavy (non-hydrogen) atoms. The third kappa shape index (κ3) is 2.58. The van der Waals surface area contributed by atoms with Gasteiger partial charge in [0.05, 0.1) is 0 Å². The van der Waals surface area contributed by atoms with Crippen LogP contribution < -0.4 is 5.73 Å². The average molecular weight is 118 g/mol. The lowest BCUT2D eigenvalue weighted by Gasteiger charge is -2.00. The summed E-state index contributed by atoms with van der Waals surface area (Å²) in [4.78, 5) is 9.96. The first-order valence-corrected chi connectivity index (χ1v) is 2.67. The van der Waals surface area contributed by atoms with E-state index in [1.807, 2.05) is 6.92 Å². The largest absolute Gasteiger partial charge is 0.480 e. The molecule has 3 heteroatoms. The highest BCUT2D eigenvalue weighted by molar-refractivity contribution is 5.72. The molecule has 0 spiro atoms. The van der Waals surface area contributed by atoms with Crippen molar-refractivity contribution in [3.63, 3.8) is 0 Å². The van der Waals surface area contributed by atoms with Gasteiger partial charge in [-0.05, 0) is 6.42 Å². The molecule has 0 aromatic heterocycles. The Labute approximate surface area is 48.5 Å². The van der Waals surface area contributed by atoms with Gasteiger partial charge in [-0.3, -0.25) is 4.79 Å². The van der Waals surface area contributed by atoms with Crippen molar-refractivity contribution in [2.75, 3.05) is 0 Å². The molecule has 0 rings (SSSR count). The highest BCUT2D eigenvalue weighted by Gasteiger charge is 2.07. The van der Waals surface area contributed by atoms with E-state index in [4.69, 9.17) is 10.8 Å². The molecule has 0 aliphatic heterocycles. The van der Waals surface area contributed by atoms with Crippen LogP contribution in [0.1, 0.15) is 19.8 Å². The van der Waals surface area contributed by atoms with E-state index in [0.29, 0.717) is 6.42 Å². The molecule has 0 aliphatic carbocycles. The number of rotatable bonds is 3. The Morgan fingerprint density at radius 1 is 1.88 bits per heavy atom. The van der Waals surface area contributed by atoms with Crippen LogP contribution in [0.15, 0.2) is 0 Å². The zero-order valence-corrected chi connectivity index (χ0v) is 4.92. The number of carboxylic acid groups (broad SMARTS) is 1. The molecule has 48 valence electrons. The van der Waals surface area contributed by atoms with Crippen LogP contribution in [0.4, 0.5) is 0 Å². The zero-order chi connectivity index (χ0) is 6.57. The van der Waals surface area contributed by atoms with Crippen LogP contribution in [0.2, 0.25) is 0 Å². The van der Waals surface area contributed by atoms with Crippen LogP contribution in [-0.4, -0.2) is 17.1 Å². The van der Waals surface area contributed by atoms with Gasteiger partial charge in [0.1, 0.15) is 6.04 Å². The summed E-state index contributed by atoms with van der Waals surface area (Å²) in [6, 6.07) is -0.667. The van der Waals surface area contributed by atoms with Gasteiger partial charge in [0.25, 0.3) is 0 Å². The molecule has 0 bridgehead atoms. The highest BCUT2D eigenvalue weighted by Crippen LogP contribution is 1.91. The van der Waals surface area contributed by atoms with Crippen LogP contribution in [-0.2, 0) is 4.79 Å². The Bertz CT molecular complexity index is 82.5. The van der Waals surface area contributed by atoms with Crippen LogP contribution in [0, 0.1) is 0 Å². The second kappa shape index (κ2) is 3.43. The molecule has 1 atom stereocenters. The number of nitrogens with two attached hydrogens (primary N) is 1. The van der Waals surface area contributed by atoms with Crippen molar-refractivity contribution in [3.05, 3.63) is 0 Å². The summed E-state index contributed by atoms with van der Waals surface area (Å²) in [6.07, 6.45) is 1.39. The number of hydrogen-bond acceptors (Lipinski definition) is 2. The summed E-state index contributed by atoms with van der Waals surface area (Å²) in [5.41, 5.74) is 5.13. The van der Waals surface area contributed by atoms with Crippen molar-refractivity contribution in [1.29, 1.82) is 0 Å². The minimum Gasteiger partial charge on any atom is -0.480 e. The van der Waals surface area contributed by atoms with Crippen molar-refractivity contribution in [2.24, 2.45) is 5.73 Å². The lowest BCUT2D eigenvalue weighted by Crippen LogP contribution is -2.29. The minimum atomic E-state index is -0.910. The van der Waals surface area contributed by atoms with E-state index in [1.54, 1.807) is 0 Å². The molecule has 3 nitrogen and oxygen atoms in total. The summed E-state index contributed by atoms with van der Waals surface area (Å²) in [7, 11) is 0. The van der Waals surface area contributed by atoms with Crippen LogP contribution in [0.5, 0.6) is 0 Å². The summed E-state index contributed by atoms with van der Waals surface area (Å²) in [5, 5.41) is 8.19. The normalized spacial score (nSPS) is 13.2. The van der Waals surface area contributed by atoms with Crippen LogP contribution in [0.3, 0.4) is 0 Å². The standard InChI is InChI=1S/C5H11NO2/c1-2-3-4(6)5(7)8/h4H,2-3,6H2,1H3,(H,7,8)/t4-/m0/s1/i5+1. The van der Waals surface area contributed by atoms with E-state index in [9.17, 15) is 4.79 Å². The van der Waals surface area contributed by atoms with Gasteiger partial charge < -0.3 is 10.8 Å². The maximum absolute atomic E-state index is 9.96. The van der Waals surface area contributed by atoms with Crippen LogP contribution >= 0.6 is 0 Å². The quantitative estimate of drug-likeness (QED) is 0.520. The van der Waals surface area contributed by atoms with E-state index in [0.717, 1.165) is 6.42 Å². The van der Waals surface area contributed by atoms with Crippen molar-refractivity contribution in [3.8, 4) is 0 Å². The van der Waals surface area contributed by atoms with E-state index in [2.05, 4.69) is 0 Å². The van der Waals surface area contributed by atoms with E-state index in [-0.39, 0.29) is 0 Å². The maximum atomic E-state index is 9.96. The molecule has 0 saturated heterocycles. The Kier molecular flexibility index (Phi) is 3.19. The van der Waals surface area contributed by atoms with Gasteiger partial charge >= 0.3 is 5.97 Å². The topological polar surface area (TPSA) is 63.3 Å². The Morgan fingerprint density at radius 3 is 2.50 bits per heavy atom. The molecule has 0 aliphatic rings. The molecule has 0 aromatic carbocycles. The molecule has 0 amide bonds. The first-order chi connectivity index (χ1) is 3.68. The first-order valence-electron chi connectivity index (χ1n) is 2.67. The molecule has 0 aromatic rings. The molecular formula is C5H11NO2. The second-order valence-corrected chi connectivity index (χ2v) is 1.73. The SMILES string of the molecule is CCC[C@H](N)[13C](=O)O. The van der Waals surface area contributed by atoms with Gasteiger partial charge in [0.15, 0.2) is 0 Å². The van der Waals surface area contributed by atoms with Gasteiger partial charge in [-0.15, -0.1) is 0 Å². The van der Waals surface area contributed by atoms with Gasteiger partial charge in [-0.1, -0.05) is 13.3 Å². The summed E-state index contributed by atoms with van der Waals surface area (Å²) in [5.74, 6) is -0.910. The fourth-order valence-electron chi connectivity index (χ4n) is 0.434. The number of hydrogen-bond donors (Lipinski definition) is 2. The summed E-state index contributed by atoms with van der Waals surface area (Å²) in [6.45, 7) is 1.91. The minimum absolute atomic E-state index is 0.565. The molecule has 3 N–H and O–H groups in total. The third-order valence-electron chi connectivity index (χ3n) is 0.917. The van der Waals surface area contributed by atoms with E-state index >= 15 is 0 Å². The molecule has 0 heterocycles. The number of aliphatic carboxylic acids is 1. The first kappa shape index (κ1) is 7.43. The maximum Gasteiger partial charge on any atom is 0.320 e. The Morgan fingerprint density at radius 2 is 2.38 bits per heavy atom. The lowest BCUT2D eigenvalue weighted by molar-refractivity contribution is -0.138. The van der Waals surface area contributed by atoms with E-state index < -0.39 is 12.0 Å². The molecule has 0 saturated carbocycles. The molecule has 0 unspecified atom stereocenters. The van der Waals surface area contributed by atoms with Gasteiger partial charge in [0, 0.05) is 0 Å². The average Bonchev–Trinajstić information content (AvgIpc) is 1.67. The predicted octanol–water partition coefficient (Wildman–Crippen LogP) is 0.198. The van der Waals surface area contributed by atoms with Crippen molar-refractivity contribution >= 4 is 5.97 Å². The van der Waals surface area contributed by atoms with Crippen molar-refractivity contribution < 1.29 is 9.90 Å². The van der Waals surface area contributed by atoms with Crippen molar-refractivity contribution in [2.45, 2.75) is 25.8 Å². The Balaban J connectivity index is 3.32. The lowest BCUT2D eigenvalue weighted by atomic mass is 10.3. The van der Waals surface area contributed by atoms with Gasteiger partial charge in [0.2, 0.25) is 0 Å². The fraction of sp³-hybridized carbons (Fsp3) is 0.800. The Hall–Kier alpha value is -0.570. The van der Waals surface area contributed by atoms with Crippen molar-refractivity contribution in [1.82, 2.24) is 0 Å². The van der Waals surface area contributed by atoms with Gasteiger partial charge in [-0.25, -0.2) is 0 Å². The van der Waals surface area contributed by atoms with E-state index in [1.165, 1.54) is 0 Å². The summed E-state index contributed by atoms with van der Waals surface area (Å²) < 4.78 is 0. The smallest absolute Gasteiger partial charge is 0.320 e. The monoisotopic (exact) mass is 118 g/mol. The summed E-state index contributed by atoms with van der Waals surface area (Å²) >= 11 is 0. The van der Waals surface area contributed by atoms with Gasteiger partial charge in [-0.2, -0.15) is 0 Å². The zero-order valence-electron chi connectivity index (χ0n) is 4.92. The molecule has 0 fully saturated rings. The van der Waals surface area contributed by atoms with Crippen LogP contribution in [0.25, 0.3) is 0 Å². The second-order valence-electron chi connectivity index (χ2n) is 1.73. The fourth-order valence-corrected chi connectivity index (χ4v) is 0.434. The number of carbonyl (C=O) groups is 1. The molecule has 0 radical (unpaired) electrons. The predicted molar refractivity (Wildman–Crippen MR) is 30.5 cm³/mol.